The van der Waals surface area contributed by atoms with Crippen molar-refractivity contribution in [1.29, 1.82) is 0 Å². The van der Waals surface area contributed by atoms with Crippen LogP contribution in [0.4, 0.5) is 0 Å². The van der Waals surface area contributed by atoms with E-state index in [0.717, 1.165) is 29.8 Å². The summed E-state index contributed by atoms with van der Waals surface area (Å²) in [6, 6.07) is 1.95. The molecule has 1 N–H and O–H groups in total. The highest BCUT2D eigenvalue weighted by Crippen LogP contribution is 2.26. The largest absolute Gasteiger partial charge is 0.384 e. The Morgan fingerprint density at radius 2 is 2.42 bits per heavy atom. The number of hydrogen-bond donors (Lipinski definition) is 1. The van der Waals surface area contributed by atoms with Gasteiger partial charge in [-0.25, -0.2) is 0 Å². The van der Waals surface area contributed by atoms with Gasteiger partial charge in [0.1, 0.15) is 6.61 Å². The van der Waals surface area contributed by atoms with Crippen molar-refractivity contribution >= 4 is 17.2 Å². The van der Waals surface area contributed by atoms with Gasteiger partial charge in [-0.2, -0.15) is 0 Å². The molecule has 3 nitrogen and oxygen atoms in total. The molecule has 1 unspecified atom stereocenters. The van der Waals surface area contributed by atoms with E-state index in [0.29, 0.717) is 18.9 Å². The minimum atomic E-state index is -0.128. The van der Waals surface area contributed by atoms with Gasteiger partial charge in [-0.1, -0.05) is 25.2 Å². The van der Waals surface area contributed by atoms with E-state index in [1.54, 1.807) is 11.3 Å². The van der Waals surface area contributed by atoms with E-state index in [4.69, 9.17) is 5.11 Å². The van der Waals surface area contributed by atoms with Gasteiger partial charge in [0.05, 0.1) is 6.54 Å². The molecule has 0 radical (unpaired) electrons. The second-order valence-electron chi connectivity index (χ2n) is 4.85. The van der Waals surface area contributed by atoms with E-state index < -0.39 is 0 Å². The summed E-state index contributed by atoms with van der Waals surface area (Å²) in [5, 5.41) is 10.7. The number of carbonyl (C=O) groups excluding carboxylic acids is 1. The number of carbonyl (C=O) groups is 1. The normalized spacial score (nSPS) is 18.5. The fourth-order valence-corrected chi connectivity index (χ4v) is 3.34. The number of thiophene rings is 1. The maximum absolute atomic E-state index is 12.0. The molecular weight excluding hydrogens is 258 g/mol. The number of hydrogen-bond acceptors (Lipinski definition) is 3. The molecule has 4 heteroatoms. The maximum Gasteiger partial charge on any atom is 0.223 e. The van der Waals surface area contributed by atoms with Gasteiger partial charge >= 0.3 is 0 Å². The molecule has 2 heterocycles. The van der Waals surface area contributed by atoms with Gasteiger partial charge in [0.2, 0.25) is 5.91 Å². The Morgan fingerprint density at radius 1 is 1.58 bits per heavy atom. The van der Waals surface area contributed by atoms with Crippen LogP contribution >= 0.6 is 11.3 Å². The van der Waals surface area contributed by atoms with Crippen molar-refractivity contribution in [2.75, 3.05) is 13.2 Å². The molecular formula is C15H19NO2S. The third-order valence-corrected chi connectivity index (χ3v) is 4.28. The van der Waals surface area contributed by atoms with E-state index in [-0.39, 0.29) is 12.5 Å². The van der Waals surface area contributed by atoms with Crippen LogP contribution in [0.1, 0.15) is 36.6 Å². The first kappa shape index (κ1) is 14.1. The standard InChI is InChI=1S/C15H19NO2S/c1-2-4-12-9-15(18)16(10-12)11-14-13(5-3-7-17)6-8-19-14/h6,8,12,17H,2,4,7,9-11H2,1H3. The molecule has 0 spiro atoms. The predicted molar refractivity (Wildman–Crippen MR) is 76.7 cm³/mol. The molecule has 1 atom stereocenters. The lowest BCUT2D eigenvalue weighted by Gasteiger charge is -2.15. The van der Waals surface area contributed by atoms with Crippen LogP contribution in [0.3, 0.4) is 0 Å². The van der Waals surface area contributed by atoms with Gasteiger partial charge in [-0.3, -0.25) is 4.79 Å². The first-order chi connectivity index (χ1) is 9.24. The Morgan fingerprint density at radius 3 is 3.16 bits per heavy atom. The van der Waals surface area contributed by atoms with Crippen LogP contribution in [0.5, 0.6) is 0 Å². The molecule has 1 aromatic heterocycles. The number of rotatable bonds is 4. The van der Waals surface area contributed by atoms with Crippen molar-refractivity contribution in [3.63, 3.8) is 0 Å². The third-order valence-electron chi connectivity index (χ3n) is 3.37. The molecule has 0 aromatic carbocycles. The zero-order valence-corrected chi connectivity index (χ0v) is 12.0. The van der Waals surface area contributed by atoms with Crippen molar-refractivity contribution in [3.05, 3.63) is 21.9 Å². The molecule has 102 valence electrons. The van der Waals surface area contributed by atoms with Crippen LogP contribution in [0.15, 0.2) is 11.4 Å². The zero-order chi connectivity index (χ0) is 13.7. The number of nitrogens with zero attached hydrogens (tertiary/aromatic N) is 1. The average Bonchev–Trinajstić information content (AvgIpc) is 2.96. The van der Waals surface area contributed by atoms with Crippen LogP contribution in [-0.4, -0.2) is 29.1 Å². The highest BCUT2D eigenvalue weighted by Gasteiger charge is 2.29. The molecule has 1 saturated heterocycles. The summed E-state index contributed by atoms with van der Waals surface area (Å²) < 4.78 is 0. The lowest BCUT2D eigenvalue weighted by molar-refractivity contribution is -0.128. The molecule has 0 aliphatic carbocycles. The van der Waals surface area contributed by atoms with E-state index in [2.05, 4.69) is 18.8 Å². The molecule has 0 bridgehead atoms. The second-order valence-corrected chi connectivity index (χ2v) is 5.85. The Hall–Kier alpha value is -1.31. The smallest absolute Gasteiger partial charge is 0.223 e. The monoisotopic (exact) mass is 277 g/mol. The first-order valence-electron chi connectivity index (χ1n) is 6.68. The zero-order valence-electron chi connectivity index (χ0n) is 11.2. The van der Waals surface area contributed by atoms with Crippen molar-refractivity contribution in [2.45, 2.75) is 32.7 Å². The van der Waals surface area contributed by atoms with Gasteiger partial charge in [0.25, 0.3) is 0 Å². The number of amides is 1. The van der Waals surface area contributed by atoms with E-state index in [1.807, 2.05) is 16.3 Å². The summed E-state index contributed by atoms with van der Waals surface area (Å²) in [4.78, 5) is 15.0. The van der Waals surface area contributed by atoms with Gasteiger partial charge in [-0.15, -0.1) is 11.3 Å². The number of aliphatic hydroxyl groups excluding tert-OH is 1. The quantitative estimate of drug-likeness (QED) is 0.858. The van der Waals surface area contributed by atoms with E-state index in [9.17, 15) is 4.79 Å². The highest BCUT2D eigenvalue weighted by atomic mass is 32.1. The fraction of sp³-hybridized carbons (Fsp3) is 0.533. The lowest BCUT2D eigenvalue weighted by atomic mass is 10.0. The minimum Gasteiger partial charge on any atom is -0.384 e. The molecule has 0 saturated carbocycles. The van der Waals surface area contributed by atoms with Crippen LogP contribution in [0, 0.1) is 17.8 Å². The van der Waals surface area contributed by atoms with E-state index >= 15 is 0 Å². The van der Waals surface area contributed by atoms with Crippen LogP contribution in [0.2, 0.25) is 0 Å². The summed E-state index contributed by atoms with van der Waals surface area (Å²) in [7, 11) is 0. The first-order valence-corrected chi connectivity index (χ1v) is 7.56. The van der Waals surface area contributed by atoms with Crippen molar-refractivity contribution in [3.8, 4) is 11.8 Å². The Bertz CT molecular complexity index is 498. The number of likely N-dealkylation sites (tertiary alicyclic amines) is 1. The summed E-state index contributed by atoms with van der Waals surface area (Å²) in [6.45, 7) is 3.56. The predicted octanol–water partition coefficient (Wildman–Crippen LogP) is 2.24. The molecule has 1 aliphatic heterocycles. The molecule has 1 aromatic rings. The van der Waals surface area contributed by atoms with Gasteiger partial charge in [-0.05, 0) is 23.8 Å². The number of aliphatic hydroxyl groups is 1. The average molecular weight is 277 g/mol. The van der Waals surface area contributed by atoms with Gasteiger partial charge in [0.15, 0.2) is 0 Å². The molecule has 1 aliphatic rings. The molecule has 1 amide bonds. The summed E-state index contributed by atoms with van der Waals surface area (Å²) in [5.74, 6) is 6.38. The minimum absolute atomic E-state index is 0.128. The van der Waals surface area contributed by atoms with Crippen LogP contribution < -0.4 is 0 Å². The fourth-order valence-electron chi connectivity index (χ4n) is 2.49. The second kappa shape index (κ2) is 6.74. The summed E-state index contributed by atoms with van der Waals surface area (Å²) >= 11 is 1.63. The van der Waals surface area contributed by atoms with Crippen LogP contribution in [0.25, 0.3) is 0 Å². The Labute approximate surface area is 118 Å². The van der Waals surface area contributed by atoms with Crippen LogP contribution in [-0.2, 0) is 11.3 Å². The van der Waals surface area contributed by atoms with Gasteiger partial charge < -0.3 is 10.0 Å². The highest BCUT2D eigenvalue weighted by molar-refractivity contribution is 7.10. The van der Waals surface area contributed by atoms with Gasteiger partial charge in [0, 0.05) is 23.4 Å². The SMILES string of the molecule is CCCC1CC(=O)N(Cc2sccc2C#CCO)C1. The lowest BCUT2D eigenvalue weighted by Crippen LogP contribution is -2.24. The van der Waals surface area contributed by atoms with E-state index in [1.165, 1.54) is 0 Å². The third kappa shape index (κ3) is 3.59. The molecule has 1 fully saturated rings. The summed E-state index contributed by atoms with van der Waals surface area (Å²) in [5.41, 5.74) is 0.936. The maximum atomic E-state index is 12.0. The molecule has 19 heavy (non-hydrogen) atoms. The topological polar surface area (TPSA) is 40.5 Å². The Balaban J connectivity index is 2.02. The Kier molecular flexibility index (Phi) is 5.00. The summed E-state index contributed by atoms with van der Waals surface area (Å²) in [6.07, 6.45) is 2.96. The molecule has 2 rings (SSSR count). The van der Waals surface area contributed by atoms with Crippen molar-refractivity contribution in [1.82, 2.24) is 4.90 Å². The van der Waals surface area contributed by atoms with Crippen molar-refractivity contribution < 1.29 is 9.90 Å². The van der Waals surface area contributed by atoms with Crippen molar-refractivity contribution in [2.24, 2.45) is 5.92 Å².